The minimum absolute atomic E-state index is 0.0506. The monoisotopic (exact) mass is 914 g/mol. The van der Waals surface area contributed by atoms with Crippen LogP contribution in [0.1, 0.15) is 215 Å². The third kappa shape index (κ3) is 17.5. The number of hydrogen-bond acceptors (Lipinski definition) is 7. The molecule has 1 N–H and O–H groups in total. The van der Waals surface area contributed by atoms with Crippen LogP contribution in [0.4, 0.5) is 5.69 Å². The molecule has 0 atom stereocenters. The molecule has 0 aromatic heterocycles. The van der Waals surface area contributed by atoms with E-state index >= 15 is 0 Å². The van der Waals surface area contributed by atoms with Crippen molar-refractivity contribution in [2.45, 2.75) is 215 Å². The molecule has 0 saturated heterocycles. The largest absolute Gasteiger partial charge is 0.490 e. The van der Waals surface area contributed by atoms with Crippen molar-refractivity contribution in [3.63, 3.8) is 0 Å². The summed E-state index contributed by atoms with van der Waals surface area (Å²) < 4.78 is 40.4. The van der Waals surface area contributed by atoms with Gasteiger partial charge in [0, 0.05) is 11.8 Å². The maximum atomic E-state index is 14.0. The Morgan fingerprint density at radius 3 is 0.970 bits per heavy atom. The molecule has 8 heteroatoms. The van der Waals surface area contributed by atoms with Gasteiger partial charge in [-0.05, 0) is 102 Å². The Morgan fingerprint density at radius 2 is 0.636 bits per heavy atom. The van der Waals surface area contributed by atoms with Crippen LogP contribution in [0.2, 0.25) is 0 Å². The molecule has 0 aliphatic heterocycles. The molecule has 0 bridgehead atoms. The number of benzene rings is 4. The summed E-state index contributed by atoms with van der Waals surface area (Å²) in [5.41, 5.74) is 0.650. The van der Waals surface area contributed by atoms with E-state index in [1.807, 2.05) is 6.92 Å². The first-order valence-electron chi connectivity index (χ1n) is 27.1. The Kier molecular flexibility index (Phi) is 26.9. The second-order valence-electron chi connectivity index (χ2n) is 18.4. The van der Waals surface area contributed by atoms with Crippen LogP contribution in [0.15, 0.2) is 30.3 Å². The minimum atomic E-state index is -0.0506. The average molecular weight is 914 g/mol. The fourth-order valence-corrected chi connectivity index (χ4v) is 8.64. The van der Waals surface area contributed by atoms with Gasteiger partial charge in [-0.25, -0.2) is 0 Å². The van der Waals surface area contributed by atoms with Gasteiger partial charge in [0.2, 0.25) is 5.91 Å². The summed E-state index contributed by atoms with van der Waals surface area (Å²) in [5, 5.41) is 9.26. The SMILES string of the molecule is CCCCCCOc1cc2c3cc(OCCCCCC)c(OCCCCCC)cc3c3c(NC(=O)CCC)c(OCCCCCC)c(OCCCCCC)cc3c2cc1OCCCCCC. The molecular formula is C58H91NO7. The number of ether oxygens (including phenoxy) is 6. The van der Waals surface area contributed by atoms with E-state index in [0.29, 0.717) is 63.2 Å². The average Bonchev–Trinajstić information content (AvgIpc) is 3.31. The Balaban J connectivity index is 2.12. The predicted octanol–water partition coefficient (Wildman–Crippen LogP) is 17.6. The molecule has 0 heterocycles. The number of amides is 1. The van der Waals surface area contributed by atoms with Crippen LogP contribution >= 0.6 is 0 Å². The van der Waals surface area contributed by atoms with Gasteiger partial charge in [-0.1, -0.05) is 164 Å². The van der Waals surface area contributed by atoms with E-state index < -0.39 is 0 Å². The van der Waals surface area contributed by atoms with Crippen LogP contribution in [0.3, 0.4) is 0 Å². The molecule has 8 nitrogen and oxygen atoms in total. The molecule has 0 aliphatic rings. The Hall–Kier alpha value is -4.07. The molecule has 4 aromatic carbocycles. The second kappa shape index (κ2) is 32.6. The molecule has 1 amide bonds. The number of unbranched alkanes of at least 4 members (excludes halogenated alkanes) is 18. The fourth-order valence-electron chi connectivity index (χ4n) is 8.64. The third-order valence-electron chi connectivity index (χ3n) is 12.5. The van der Waals surface area contributed by atoms with Crippen molar-refractivity contribution in [3.8, 4) is 34.5 Å². The van der Waals surface area contributed by atoms with Gasteiger partial charge < -0.3 is 33.7 Å². The van der Waals surface area contributed by atoms with Gasteiger partial charge in [0.05, 0.1) is 45.3 Å². The summed E-state index contributed by atoms with van der Waals surface area (Å²) in [4.78, 5) is 14.0. The van der Waals surface area contributed by atoms with Gasteiger partial charge in [0.25, 0.3) is 0 Å². The van der Waals surface area contributed by atoms with Gasteiger partial charge in [-0.3, -0.25) is 4.79 Å². The van der Waals surface area contributed by atoms with Crippen LogP contribution in [0, 0.1) is 0 Å². The lowest BCUT2D eigenvalue weighted by atomic mass is 9.91. The highest BCUT2D eigenvalue weighted by atomic mass is 16.5. The lowest BCUT2D eigenvalue weighted by Crippen LogP contribution is -2.14. The molecule has 0 unspecified atom stereocenters. The van der Waals surface area contributed by atoms with Gasteiger partial charge >= 0.3 is 0 Å². The van der Waals surface area contributed by atoms with E-state index in [2.05, 4.69) is 77.2 Å². The summed E-state index contributed by atoms with van der Waals surface area (Å²) in [6.07, 6.45) is 27.5. The Labute approximate surface area is 400 Å². The smallest absolute Gasteiger partial charge is 0.224 e. The molecule has 66 heavy (non-hydrogen) atoms. The highest BCUT2D eigenvalue weighted by Crippen LogP contribution is 2.51. The highest BCUT2D eigenvalue weighted by molar-refractivity contribution is 6.31. The Bertz CT molecular complexity index is 1920. The molecule has 0 saturated carbocycles. The second-order valence-corrected chi connectivity index (χ2v) is 18.4. The van der Waals surface area contributed by atoms with Crippen molar-refractivity contribution in [1.82, 2.24) is 0 Å². The predicted molar refractivity (Wildman–Crippen MR) is 280 cm³/mol. The number of carbonyl (C=O) groups is 1. The number of fused-ring (bicyclic) bond motifs is 6. The zero-order valence-corrected chi connectivity index (χ0v) is 42.9. The fraction of sp³-hybridized carbons (Fsp3) is 0.672. The third-order valence-corrected chi connectivity index (χ3v) is 12.5. The molecule has 0 aliphatic carbocycles. The number of nitrogens with one attached hydrogen (secondary N) is 1. The minimum Gasteiger partial charge on any atom is -0.490 e. The van der Waals surface area contributed by atoms with Crippen molar-refractivity contribution in [3.05, 3.63) is 30.3 Å². The van der Waals surface area contributed by atoms with Crippen molar-refractivity contribution < 1.29 is 33.2 Å². The first-order chi connectivity index (χ1) is 32.5. The number of carbonyl (C=O) groups excluding carboxylic acids is 1. The number of hydrogen-bond donors (Lipinski definition) is 1. The van der Waals surface area contributed by atoms with Crippen molar-refractivity contribution in [1.29, 1.82) is 0 Å². The van der Waals surface area contributed by atoms with Gasteiger partial charge in [0.15, 0.2) is 34.5 Å². The zero-order chi connectivity index (χ0) is 47.2. The van der Waals surface area contributed by atoms with Crippen LogP contribution in [0.25, 0.3) is 32.3 Å². The zero-order valence-electron chi connectivity index (χ0n) is 42.9. The number of rotatable bonds is 39. The van der Waals surface area contributed by atoms with E-state index in [9.17, 15) is 4.79 Å². The summed E-state index contributed by atoms with van der Waals surface area (Å²) in [5.74, 6) is 4.15. The molecule has 0 fully saturated rings. The quantitative estimate of drug-likeness (QED) is 0.0353. The molecule has 370 valence electrons. The standard InChI is InChI=1S/C58H91NO7/c1-8-15-21-27-34-61-50-40-45-46-41-52(63-36-29-23-17-10-3)53(64-37-30-24-18-11-4)43-48(46)56-49(47(45)42-51(50)62-35-28-22-16-9-2)44-54(65-38-31-25-19-12-5)58(66-39-32-26-20-13-6)57(56)59-55(60)33-14-7/h40-44H,8-39H2,1-7H3,(H,59,60). The maximum Gasteiger partial charge on any atom is 0.224 e. The summed E-state index contributed by atoms with van der Waals surface area (Å²) in [6, 6.07) is 10.9. The lowest BCUT2D eigenvalue weighted by molar-refractivity contribution is -0.116. The van der Waals surface area contributed by atoms with E-state index in [0.717, 1.165) is 171 Å². The molecular weight excluding hydrogens is 823 g/mol. The topological polar surface area (TPSA) is 84.5 Å². The van der Waals surface area contributed by atoms with E-state index in [1.165, 1.54) is 44.9 Å². The lowest BCUT2D eigenvalue weighted by Gasteiger charge is -2.23. The van der Waals surface area contributed by atoms with E-state index in [4.69, 9.17) is 28.4 Å². The molecule has 0 radical (unpaired) electrons. The first kappa shape index (κ1) is 54.5. The molecule has 0 spiro atoms. The highest BCUT2D eigenvalue weighted by Gasteiger charge is 2.25. The van der Waals surface area contributed by atoms with Crippen molar-refractivity contribution in [2.75, 3.05) is 45.0 Å². The van der Waals surface area contributed by atoms with Crippen LogP contribution in [0.5, 0.6) is 34.5 Å². The molecule has 4 rings (SSSR count). The van der Waals surface area contributed by atoms with Crippen LogP contribution in [-0.4, -0.2) is 45.5 Å². The summed E-state index contributed by atoms with van der Waals surface area (Å²) in [6.45, 7) is 19.0. The van der Waals surface area contributed by atoms with Gasteiger partial charge in [-0.2, -0.15) is 0 Å². The number of anilines is 1. The van der Waals surface area contributed by atoms with E-state index in [1.54, 1.807) is 0 Å². The van der Waals surface area contributed by atoms with Crippen LogP contribution < -0.4 is 33.7 Å². The van der Waals surface area contributed by atoms with Gasteiger partial charge in [0.1, 0.15) is 0 Å². The van der Waals surface area contributed by atoms with Crippen LogP contribution in [-0.2, 0) is 4.79 Å². The summed E-state index contributed by atoms with van der Waals surface area (Å²) in [7, 11) is 0. The van der Waals surface area contributed by atoms with Crippen molar-refractivity contribution in [2.24, 2.45) is 0 Å². The Morgan fingerprint density at radius 1 is 0.348 bits per heavy atom. The molecule has 4 aromatic rings. The van der Waals surface area contributed by atoms with Gasteiger partial charge in [-0.15, -0.1) is 0 Å². The maximum absolute atomic E-state index is 14.0. The summed E-state index contributed by atoms with van der Waals surface area (Å²) >= 11 is 0. The normalized spacial score (nSPS) is 11.4. The van der Waals surface area contributed by atoms with E-state index in [-0.39, 0.29) is 5.91 Å². The first-order valence-corrected chi connectivity index (χ1v) is 27.1. The van der Waals surface area contributed by atoms with Crippen molar-refractivity contribution >= 4 is 43.9 Å².